The molecule has 6 nitrogen and oxygen atoms in total. The summed E-state index contributed by atoms with van der Waals surface area (Å²) in [5.41, 5.74) is 6.44. The van der Waals surface area contributed by atoms with Crippen LogP contribution in [0.4, 0.5) is 0 Å². The molecule has 1 aromatic carbocycles. The minimum absolute atomic E-state index is 0.154. The van der Waals surface area contributed by atoms with E-state index >= 15 is 0 Å². The molecule has 0 aromatic heterocycles. The topological polar surface area (TPSA) is 82.9 Å². The molecule has 2 amide bonds. The van der Waals surface area contributed by atoms with Gasteiger partial charge in [-0.2, -0.15) is 10.2 Å². The zero-order valence-corrected chi connectivity index (χ0v) is 13.1. The quantitative estimate of drug-likeness (QED) is 0.626. The Hall–Kier alpha value is -2.02. The number of benzene rings is 1. The Bertz CT molecular complexity index is 595. The molecule has 7 heteroatoms. The molecule has 1 aliphatic heterocycles. The predicted octanol–water partition coefficient (Wildman–Crippen LogP) is 1.80. The van der Waals surface area contributed by atoms with Crippen LogP contribution in [0, 0.1) is 5.92 Å². The normalized spacial score (nSPS) is 17.7. The van der Waals surface area contributed by atoms with E-state index in [4.69, 9.17) is 0 Å². The van der Waals surface area contributed by atoms with Gasteiger partial charge in [0.1, 0.15) is 0 Å². The van der Waals surface area contributed by atoms with Gasteiger partial charge < -0.3 is 0 Å². The van der Waals surface area contributed by atoms with Crippen molar-refractivity contribution < 1.29 is 9.59 Å². The summed E-state index contributed by atoms with van der Waals surface area (Å²) < 4.78 is 0.982. The zero-order chi connectivity index (χ0) is 15.2. The van der Waals surface area contributed by atoms with Crippen LogP contribution in [0.15, 0.2) is 38.9 Å². The third-order valence-electron chi connectivity index (χ3n) is 3.10. The second kappa shape index (κ2) is 7.12. The lowest BCUT2D eigenvalue weighted by atomic mass is 9.99. The average molecular weight is 351 g/mol. The van der Waals surface area contributed by atoms with E-state index in [-0.39, 0.29) is 24.2 Å². The average Bonchev–Trinajstić information content (AvgIpc) is 2.78. The maximum atomic E-state index is 11.7. The molecule has 0 fully saturated rings. The lowest BCUT2D eigenvalue weighted by molar-refractivity contribution is -0.123. The maximum absolute atomic E-state index is 11.7. The third kappa shape index (κ3) is 4.49. The van der Waals surface area contributed by atoms with Crippen LogP contribution in [0.5, 0.6) is 0 Å². The SMILES string of the molecule is CC1=NNC(=O)[C@H]1CCC(=O)N/N=C\c1ccc(Br)cc1. The number of carbonyl (C=O) groups is 2. The molecule has 0 saturated carbocycles. The maximum Gasteiger partial charge on any atom is 0.248 e. The first-order valence-corrected chi connectivity index (χ1v) is 7.27. The first-order chi connectivity index (χ1) is 10.1. The number of nitrogens with one attached hydrogen (secondary N) is 2. The molecule has 2 N–H and O–H groups in total. The summed E-state index contributed by atoms with van der Waals surface area (Å²) in [7, 11) is 0. The summed E-state index contributed by atoms with van der Waals surface area (Å²) >= 11 is 3.34. The Labute approximate surface area is 130 Å². The van der Waals surface area contributed by atoms with Gasteiger partial charge >= 0.3 is 0 Å². The molecule has 2 rings (SSSR count). The van der Waals surface area contributed by atoms with Gasteiger partial charge in [-0.3, -0.25) is 9.59 Å². The highest BCUT2D eigenvalue weighted by molar-refractivity contribution is 9.10. The standard InChI is InChI=1S/C14H15BrN4O2/c1-9-12(14(21)19-17-9)6-7-13(20)18-16-8-10-2-4-11(15)5-3-10/h2-5,8,12H,6-7H2,1H3,(H,18,20)(H,19,21)/b16-8-/t12-/m0/s1. The van der Waals surface area contributed by atoms with Crippen LogP contribution < -0.4 is 10.9 Å². The number of carbonyl (C=O) groups excluding carboxylic acids is 2. The Kier molecular flexibility index (Phi) is 5.21. The van der Waals surface area contributed by atoms with Crippen LogP contribution in [0.1, 0.15) is 25.3 Å². The van der Waals surface area contributed by atoms with Gasteiger partial charge in [-0.05, 0) is 31.0 Å². The van der Waals surface area contributed by atoms with E-state index in [1.165, 1.54) is 0 Å². The molecule has 0 aliphatic carbocycles. The molecular formula is C14H15BrN4O2. The number of amides is 2. The molecule has 0 saturated heterocycles. The number of hydrogen-bond acceptors (Lipinski definition) is 4. The Morgan fingerprint density at radius 2 is 2.19 bits per heavy atom. The van der Waals surface area contributed by atoms with Gasteiger partial charge in [-0.1, -0.05) is 28.1 Å². The smallest absolute Gasteiger partial charge is 0.248 e. The summed E-state index contributed by atoms with van der Waals surface area (Å²) in [6, 6.07) is 7.54. The van der Waals surface area contributed by atoms with Gasteiger partial charge in [-0.25, -0.2) is 10.9 Å². The van der Waals surface area contributed by atoms with Gasteiger partial charge in [-0.15, -0.1) is 0 Å². The minimum atomic E-state index is -0.314. The molecule has 110 valence electrons. The van der Waals surface area contributed by atoms with Gasteiger partial charge in [0.05, 0.1) is 12.1 Å². The molecule has 1 atom stereocenters. The van der Waals surface area contributed by atoms with Crippen molar-refractivity contribution in [2.45, 2.75) is 19.8 Å². The van der Waals surface area contributed by atoms with Gasteiger partial charge in [0.25, 0.3) is 0 Å². The second-order valence-electron chi connectivity index (χ2n) is 4.67. The lowest BCUT2D eigenvalue weighted by Gasteiger charge is -2.06. The molecule has 0 unspecified atom stereocenters. The Balaban J connectivity index is 1.76. The second-order valence-corrected chi connectivity index (χ2v) is 5.58. The van der Waals surface area contributed by atoms with Crippen molar-refractivity contribution in [3.8, 4) is 0 Å². The Morgan fingerprint density at radius 3 is 2.81 bits per heavy atom. The highest BCUT2D eigenvalue weighted by atomic mass is 79.9. The molecule has 1 aliphatic rings. The van der Waals surface area contributed by atoms with Crippen molar-refractivity contribution in [3.05, 3.63) is 34.3 Å². The minimum Gasteiger partial charge on any atom is -0.273 e. The van der Waals surface area contributed by atoms with Crippen molar-refractivity contribution in [1.29, 1.82) is 0 Å². The van der Waals surface area contributed by atoms with Crippen LogP contribution in [0.25, 0.3) is 0 Å². The molecule has 0 bridgehead atoms. The number of rotatable bonds is 5. The monoisotopic (exact) mass is 350 g/mol. The fourth-order valence-corrected chi connectivity index (χ4v) is 2.15. The van der Waals surface area contributed by atoms with E-state index < -0.39 is 0 Å². The lowest BCUT2D eigenvalue weighted by Crippen LogP contribution is -2.25. The first-order valence-electron chi connectivity index (χ1n) is 6.48. The van der Waals surface area contributed by atoms with Gasteiger partial charge in [0, 0.05) is 16.6 Å². The van der Waals surface area contributed by atoms with Crippen molar-refractivity contribution in [1.82, 2.24) is 10.9 Å². The molecule has 0 radical (unpaired) electrons. The third-order valence-corrected chi connectivity index (χ3v) is 3.62. The predicted molar refractivity (Wildman–Crippen MR) is 83.9 cm³/mol. The van der Waals surface area contributed by atoms with Crippen molar-refractivity contribution in [2.75, 3.05) is 0 Å². The summed E-state index contributed by atoms with van der Waals surface area (Å²) in [4.78, 5) is 23.1. The van der Waals surface area contributed by atoms with Gasteiger partial charge in [0.2, 0.25) is 11.8 Å². The van der Waals surface area contributed by atoms with E-state index in [1.807, 2.05) is 24.3 Å². The Morgan fingerprint density at radius 1 is 1.48 bits per heavy atom. The first kappa shape index (κ1) is 15.4. The van der Waals surface area contributed by atoms with Crippen molar-refractivity contribution in [3.63, 3.8) is 0 Å². The van der Waals surface area contributed by atoms with Crippen molar-refractivity contribution in [2.24, 2.45) is 16.1 Å². The molecule has 1 heterocycles. The largest absolute Gasteiger partial charge is 0.273 e. The molecule has 21 heavy (non-hydrogen) atoms. The fraction of sp³-hybridized carbons (Fsp3) is 0.286. The van der Waals surface area contributed by atoms with Crippen LogP contribution in [0.3, 0.4) is 0 Å². The van der Waals surface area contributed by atoms with Crippen molar-refractivity contribution >= 4 is 39.7 Å². The number of hydrogen-bond donors (Lipinski definition) is 2. The van der Waals surface area contributed by atoms with E-state index in [0.29, 0.717) is 12.1 Å². The van der Waals surface area contributed by atoms with E-state index in [1.54, 1.807) is 13.1 Å². The highest BCUT2D eigenvalue weighted by Gasteiger charge is 2.26. The molecular weight excluding hydrogens is 336 g/mol. The summed E-state index contributed by atoms with van der Waals surface area (Å²) in [6.07, 6.45) is 2.22. The fourth-order valence-electron chi connectivity index (χ4n) is 1.89. The number of hydrazone groups is 2. The van der Waals surface area contributed by atoms with E-state index in [2.05, 4.69) is 37.0 Å². The molecule has 0 spiro atoms. The summed E-state index contributed by atoms with van der Waals surface area (Å²) in [5.74, 6) is -0.694. The van der Waals surface area contributed by atoms with Crippen LogP contribution >= 0.6 is 15.9 Å². The summed E-state index contributed by atoms with van der Waals surface area (Å²) in [5, 5.41) is 7.72. The van der Waals surface area contributed by atoms with Crippen LogP contribution in [-0.2, 0) is 9.59 Å². The number of nitrogens with zero attached hydrogens (tertiary/aromatic N) is 2. The van der Waals surface area contributed by atoms with Gasteiger partial charge in [0.15, 0.2) is 0 Å². The summed E-state index contributed by atoms with van der Waals surface area (Å²) in [6.45, 7) is 1.77. The van der Waals surface area contributed by atoms with Crippen LogP contribution in [0.2, 0.25) is 0 Å². The molecule has 1 aromatic rings. The highest BCUT2D eigenvalue weighted by Crippen LogP contribution is 2.13. The van der Waals surface area contributed by atoms with E-state index in [0.717, 1.165) is 10.0 Å². The zero-order valence-electron chi connectivity index (χ0n) is 11.5. The van der Waals surface area contributed by atoms with Crippen LogP contribution in [-0.4, -0.2) is 23.7 Å². The number of halogens is 1. The van der Waals surface area contributed by atoms with E-state index in [9.17, 15) is 9.59 Å².